The van der Waals surface area contributed by atoms with E-state index < -0.39 is 5.91 Å². The van der Waals surface area contributed by atoms with Crippen molar-refractivity contribution in [3.63, 3.8) is 0 Å². The summed E-state index contributed by atoms with van der Waals surface area (Å²) in [6.07, 6.45) is 3.60. The van der Waals surface area contributed by atoms with Gasteiger partial charge in [0, 0.05) is 35.1 Å². The van der Waals surface area contributed by atoms with Crippen LogP contribution in [-0.2, 0) is 6.42 Å². The summed E-state index contributed by atoms with van der Waals surface area (Å²) in [4.78, 5) is 32.4. The molecule has 1 heterocycles. The molecule has 138 valence electrons. The maximum Gasteiger partial charge on any atom is 0.273 e. The molecule has 1 aromatic heterocycles. The highest BCUT2D eigenvalue weighted by molar-refractivity contribution is 6.31. The SMILES string of the molecule is CCc1ccc(C(=O)NC(C)C(C)NC(=O)c2nccnc2N)cc1Cl. The number of benzene rings is 1. The lowest BCUT2D eigenvalue weighted by Crippen LogP contribution is -2.48. The van der Waals surface area contributed by atoms with Gasteiger partial charge in [0.1, 0.15) is 0 Å². The van der Waals surface area contributed by atoms with Crippen molar-refractivity contribution >= 4 is 29.2 Å². The number of nitrogens with two attached hydrogens (primary N) is 1. The Labute approximate surface area is 157 Å². The van der Waals surface area contributed by atoms with Gasteiger partial charge in [-0.3, -0.25) is 9.59 Å². The maximum atomic E-state index is 12.4. The van der Waals surface area contributed by atoms with Crippen LogP contribution in [-0.4, -0.2) is 33.9 Å². The van der Waals surface area contributed by atoms with Crippen LogP contribution >= 0.6 is 11.6 Å². The van der Waals surface area contributed by atoms with Crippen molar-refractivity contribution < 1.29 is 9.59 Å². The van der Waals surface area contributed by atoms with Gasteiger partial charge in [-0.25, -0.2) is 9.97 Å². The van der Waals surface area contributed by atoms with E-state index in [0.29, 0.717) is 10.6 Å². The molecule has 4 N–H and O–H groups in total. The lowest BCUT2D eigenvalue weighted by Gasteiger charge is -2.22. The van der Waals surface area contributed by atoms with Crippen LogP contribution in [0.15, 0.2) is 30.6 Å². The van der Waals surface area contributed by atoms with Gasteiger partial charge in [-0.15, -0.1) is 0 Å². The average molecular weight is 376 g/mol. The Morgan fingerprint density at radius 1 is 1.12 bits per heavy atom. The van der Waals surface area contributed by atoms with Crippen molar-refractivity contribution in [1.29, 1.82) is 0 Å². The fraction of sp³-hybridized carbons (Fsp3) is 0.333. The van der Waals surface area contributed by atoms with Crippen molar-refractivity contribution in [2.75, 3.05) is 5.73 Å². The number of hydrogen-bond donors (Lipinski definition) is 3. The minimum Gasteiger partial charge on any atom is -0.382 e. The standard InChI is InChI=1S/C18H22ClN5O2/c1-4-12-5-6-13(9-14(12)19)17(25)23-10(2)11(3)24-18(26)15-16(20)22-8-7-21-15/h5-11H,4H2,1-3H3,(H2,20,22)(H,23,25)(H,24,26). The average Bonchev–Trinajstić information content (AvgIpc) is 2.61. The predicted octanol–water partition coefficient (Wildman–Crippen LogP) is 2.21. The number of hydrogen-bond acceptors (Lipinski definition) is 5. The Hall–Kier alpha value is -2.67. The lowest BCUT2D eigenvalue weighted by molar-refractivity contribution is 0.0889. The van der Waals surface area contributed by atoms with Crippen LogP contribution in [0.1, 0.15) is 47.2 Å². The van der Waals surface area contributed by atoms with Crippen molar-refractivity contribution in [3.05, 3.63) is 52.4 Å². The molecule has 0 aliphatic rings. The van der Waals surface area contributed by atoms with Crippen molar-refractivity contribution in [2.24, 2.45) is 0 Å². The number of nitrogens with zero attached hydrogens (tertiary/aromatic N) is 2. The molecule has 0 radical (unpaired) electrons. The topological polar surface area (TPSA) is 110 Å². The molecule has 8 heteroatoms. The molecule has 2 atom stereocenters. The number of nitrogen functional groups attached to an aromatic ring is 1. The second-order valence-corrected chi connectivity index (χ2v) is 6.38. The molecule has 7 nitrogen and oxygen atoms in total. The van der Waals surface area contributed by atoms with Crippen LogP contribution in [0.5, 0.6) is 0 Å². The molecule has 26 heavy (non-hydrogen) atoms. The second kappa shape index (κ2) is 8.62. The third-order valence-electron chi connectivity index (χ3n) is 4.11. The lowest BCUT2D eigenvalue weighted by atomic mass is 10.1. The van der Waals surface area contributed by atoms with E-state index in [2.05, 4.69) is 20.6 Å². The molecular weight excluding hydrogens is 354 g/mol. The van der Waals surface area contributed by atoms with Gasteiger partial charge in [0.05, 0.1) is 0 Å². The Morgan fingerprint density at radius 2 is 1.73 bits per heavy atom. The van der Waals surface area contributed by atoms with E-state index in [1.165, 1.54) is 12.4 Å². The van der Waals surface area contributed by atoms with Gasteiger partial charge >= 0.3 is 0 Å². The molecule has 0 saturated heterocycles. The predicted molar refractivity (Wildman–Crippen MR) is 101 cm³/mol. The number of aryl methyl sites for hydroxylation is 1. The number of nitrogens with one attached hydrogen (secondary N) is 2. The van der Waals surface area contributed by atoms with E-state index >= 15 is 0 Å². The molecule has 0 aliphatic carbocycles. The first-order valence-electron chi connectivity index (χ1n) is 8.30. The number of anilines is 1. The van der Waals surface area contributed by atoms with E-state index in [1.54, 1.807) is 26.0 Å². The van der Waals surface area contributed by atoms with Crippen LogP contribution in [0.2, 0.25) is 5.02 Å². The summed E-state index contributed by atoms with van der Waals surface area (Å²) in [5.41, 5.74) is 7.16. The summed E-state index contributed by atoms with van der Waals surface area (Å²) >= 11 is 6.16. The highest BCUT2D eigenvalue weighted by Crippen LogP contribution is 2.18. The van der Waals surface area contributed by atoms with Crippen molar-refractivity contribution in [3.8, 4) is 0 Å². The Bertz CT molecular complexity index is 812. The summed E-state index contributed by atoms with van der Waals surface area (Å²) < 4.78 is 0. The number of amides is 2. The highest BCUT2D eigenvalue weighted by atomic mass is 35.5. The maximum absolute atomic E-state index is 12.4. The molecular formula is C18H22ClN5O2. The van der Waals surface area contributed by atoms with Gasteiger partial charge in [-0.05, 0) is 38.0 Å². The summed E-state index contributed by atoms with van der Waals surface area (Å²) in [7, 11) is 0. The first kappa shape index (κ1) is 19.7. The summed E-state index contributed by atoms with van der Waals surface area (Å²) in [5, 5.41) is 6.18. The summed E-state index contributed by atoms with van der Waals surface area (Å²) in [6.45, 7) is 5.57. The molecule has 0 aliphatic heterocycles. The molecule has 2 aromatic rings. The first-order chi connectivity index (χ1) is 12.3. The normalized spacial score (nSPS) is 12.9. The highest BCUT2D eigenvalue weighted by Gasteiger charge is 2.20. The fourth-order valence-electron chi connectivity index (χ4n) is 2.31. The van der Waals surface area contributed by atoms with Crippen molar-refractivity contribution in [2.45, 2.75) is 39.3 Å². The molecule has 0 bridgehead atoms. The summed E-state index contributed by atoms with van der Waals surface area (Å²) in [5.74, 6) is -0.652. The minimum atomic E-state index is -0.445. The van der Waals surface area contributed by atoms with Gasteiger partial charge in [0.2, 0.25) is 0 Å². The fourth-order valence-corrected chi connectivity index (χ4v) is 2.63. The number of halogens is 1. The third kappa shape index (κ3) is 4.70. The van der Waals surface area contributed by atoms with E-state index in [1.807, 2.05) is 13.0 Å². The van der Waals surface area contributed by atoms with E-state index in [4.69, 9.17) is 17.3 Å². The number of rotatable bonds is 6. The molecule has 2 unspecified atom stereocenters. The zero-order valence-corrected chi connectivity index (χ0v) is 15.7. The molecule has 2 amide bonds. The minimum absolute atomic E-state index is 0.0551. The molecule has 0 fully saturated rings. The number of carbonyl (C=O) groups excluding carboxylic acids is 2. The first-order valence-corrected chi connectivity index (χ1v) is 8.67. The largest absolute Gasteiger partial charge is 0.382 e. The Kier molecular flexibility index (Phi) is 6.52. The van der Waals surface area contributed by atoms with E-state index in [9.17, 15) is 9.59 Å². The number of aromatic nitrogens is 2. The zero-order chi connectivity index (χ0) is 19.3. The van der Waals surface area contributed by atoms with Gasteiger partial charge in [-0.2, -0.15) is 0 Å². The molecule has 0 spiro atoms. The van der Waals surface area contributed by atoms with Gasteiger partial charge in [-0.1, -0.05) is 24.6 Å². The van der Waals surface area contributed by atoms with E-state index in [0.717, 1.165) is 12.0 Å². The van der Waals surface area contributed by atoms with Crippen LogP contribution in [0, 0.1) is 0 Å². The summed E-state index contributed by atoms with van der Waals surface area (Å²) in [6, 6.07) is 4.54. The van der Waals surface area contributed by atoms with Crippen LogP contribution in [0.3, 0.4) is 0 Å². The second-order valence-electron chi connectivity index (χ2n) is 5.97. The Morgan fingerprint density at radius 3 is 2.31 bits per heavy atom. The van der Waals surface area contributed by atoms with Crippen LogP contribution < -0.4 is 16.4 Å². The third-order valence-corrected chi connectivity index (χ3v) is 4.46. The van der Waals surface area contributed by atoms with Crippen LogP contribution in [0.4, 0.5) is 5.82 Å². The molecule has 1 aromatic carbocycles. The molecule has 0 saturated carbocycles. The van der Waals surface area contributed by atoms with Crippen LogP contribution in [0.25, 0.3) is 0 Å². The van der Waals surface area contributed by atoms with Gasteiger partial charge in [0.25, 0.3) is 11.8 Å². The van der Waals surface area contributed by atoms with Gasteiger partial charge in [0.15, 0.2) is 11.5 Å². The van der Waals surface area contributed by atoms with Crippen molar-refractivity contribution in [1.82, 2.24) is 20.6 Å². The zero-order valence-electron chi connectivity index (χ0n) is 14.9. The smallest absolute Gasteiger partial charge is 0.273 e. The quantitative estimate of drug-likeness (QED) is 0.717. The van der Waals surface area contributed by atoms with E-state index in [-0.39, 0.29) is 29.5 Å². The monoisotopic (exact) mass is 375 g/mol. The molecule has 2 rings (SSSR count). The van der Waals surface area contributed by atoms with Gasteiger partial charge < -0.3 is 16.4 Å². The number of carbonyl (C=O) groups is 2. The Balaban J connectivity index is 1.99.